The molecule has 0 bridgehead atoms. The zero-order chi connectivity index (χ0) is 20.1. The van der Waals surface area contributed by atoms with Gasteiger partial charge in [-0.1, -0.05) is 24.0 Å². The molecule has 0 spiro atoms. The second-order valence-corrected chi connectivity index (χ2v) is 5.75. The molecule has 8 heteroatoms. The number of nitrogens with two attached hydrogens (primary N) is 1. The van der Waals surface area contributed by atoms with Crippen molar-refractivity contribution in [1.82, 2.24) is 15.2 Å². The van der Waals surface area contributed by atoms with Crippen molar-refractivity contribution in [2.24, 2.45) is 0 Å². The van der Waals surface area contributed by atoms with E-state index in [1.165, 1.54) is 6.07 Å². The fraction of sp³-hybridized carbons (Fsp3) is 0.100. The van der Waals surface area contributed by atoms with Crippen LogP contribution < -0.4 is 5.73 Å². The smallest absolute Gasteiger partial charge is 0.353 e. The van der Waals surface area contributed by atoms with Crippen LogP contribution in [0.5, 0.6) is 0 Å². The number of aromatic carboxylic acids is 1. The van der Waals surface area contributed by atoms with Crippen LogP contribution >= 0.6 is 0 Å². The number of carbonyl (C=O) groups is 1. The van der Waals surface area contributed by atoms with E-state index in [4.69, 9.17) is 15.9 Å². The number of aromatic amines is 1. The van der Waals surface area contributed by atoms with Gasteiger partial charge in [0.05, 0.1) is 12.3 Å². The third-order valence-electron chi connectivity index (χ3n) is 3.90. The third kappa shape index (κ3) is 3.83. The van der Waals surface area contributed by atoms with Crippen LogP contribution in [0, 0.1) is 23.2 Å². The van der Waals surface area contributed by atoms with Crippen LogP contribution in [0.2, 0.25) is 0 Å². The van der Waals surface area contributed by atoms with Gasteiger partial charge < -0.3 is 15.9 Å². The van der Waals surface area contributed by atoms with Gasteiger partial charge in [0.25, 0.3) is 0 Å². The highest BCUT2D eigenvalue weighted by molar-refractivity contribution is 5.87. The molecule has 0 aliphatic rings. The minimum Gasteiger partial charge on any atom is -0.477 e. The van der Waals surface area contributed by atoms with Crippen LogP contribution in [0.25, 0.3) is 22.5 Å². The maximum atomic E-state index is 11.0. The van der Waals surface area contributed by atoms with Gasteiger partial charge in [0, 0.05) is 23.6 Å². The summed E-state index contributed by atoms with van der Waals surface area (Å²) in [5, 5.41) is 33.7. The van der Waals surface area contributed by atoms with E-state index in [1.807, 2.05) is 0 Å². The number of aliphatic hydroxyl groups is 1. The fourth-order valence-electron chi connectivity index (χ4n) is 2.56. The molecule has 3 aromatic rings. The molecule has 5 N–H and O–H groups in total. The van der Waals surface area contributed by atoms with Crippen molar-refractivity contribution < 1.29 is 15.0 Å². The van der Waals surface area contributed by atoms with Crippen molar-refractivity contribution in [3.05, 3.63) is 53.2 Å². The van der Waals surface area contributed by atoms with Crippen LogP contribution in [0.15, 0.2) is 36.4 Å². The second kappa shape index (κ2) is 8.04. The van der Waals surface area contributed by atoms with Gasteiger partial charge >= 0.3 is 5.97 Å². The molecule has 0 fully saturated rings. The summed E-state index contributed by atoms with van der Waals surface area (Å²) >= 11 is 0. The van der Waals surface area contributed by atoms with Gasteiger partial charge in [-0.2, -0.15) is 10.4 Å². The quantitative estimate of drug-likeness (QED) is 0.511. The molecule has 28 heavy (non-hydrogen) atoms. The highest BCUT2D eigenvalue weighted by atomic mass is 16.4. The Bertz CT molecular complexity index is 1130. The molecule has 1 aromatic carbocycles. The van der Waals surface area contributed by atoms with Crippen molar-refractivity contribution in [3.8, 4) is 40.4 Å². The lowest BCUT2D eigenvalue weighted by molar-refractivity contribution is 0.0690. The Labute approximate surface area is 160 Å². The zero-order valence-corrected chi connectivity index (χ0v) is 14.6. The number of aromatic nitrogens is 3. The van der Waals surface area contributed by atoms with Crippen molar-refractivity contribution in [3.63, 3.8) is 0 Å². The van der Waals surface area contributed by atoms with Crippen LogP contribution in [0.3, 0.4) is 0 Å². The molecule has 0 radical (unpaired) electrons. The molecule has 0 aliphatic heterocycles. The molecule has 2 aromatic heterocycles. The van der Waals surface area contributed by atoms with E-state index >= 15 is 0 Å². The Morgan fingerprint density at radius 3 is 2.57 bits per heavy atom. The van der Waals surface area contributed by atoms with E-state index in [2.05, 4.69) is 33.1 Å². The summed E-state index contributed by atoms with van der Waals surface area (Å²) in [5.74, 6) is 4.66. The van der Waals surface area contributed by atoms with Gasteiger partial charge in [0.1, 0.15) is 28.8 Å². The predicted octanol–water partition coefficient (Wildman–Crippen LogP) is 2.02. The topological polar surface area (TPSA) is 149 Å². The van der Waals surface area contributed by atoms with Gasteiger partial charge in [-0.3, -0.25) is 5.10 Å². The zero-order valence-electron chi connectivity index (χ0n) is 14.6. The van der Waals surface area contributed by atoms with Gasteiger partial charge in [0.2, 0.25) is 0 Å². The second-order valence-electron chi connectivity index (χ2n) is 5.75. The number of rotatable bonds is 4. The molecule has 8 nitrogen and oxygen atoms in total. The van der Waals surface area contributed by atoms with E-state index in [0.29, 0.717) is 23.4 Å². The first-order chi connectivity index (χ1) is 13.5. The molecule has 138 valence electrons. The number of carboxylic acids is 1. The minimum absolute atomic E-state index is 0.00641. The van der Waals surface area contributed by atoms with Crippen LogP contribution in [0.4, 0.5) is 5.82 Å². The van der Waals surface area contributed by atoms with E-state index in [-0.39, 0.29) is 23.7 Å². The van der Waals surface area contributed by atoms with Crippen molar-refractivity contribution in [1.29, 1.82) is 5.26 Å². The van der Waals surface area contributed by atoms with Gasteiger partial charge in [-0.25, -0.2) is 9.78 Å². The standard InChI is InChI=1S/C20H15N5O3/c21-11-15-14(13-6-4-12(5-7-13)3-1-2-8-26)9-16(23-19(15)22)17-10-18(20(27)28)25-24-17/h4-7,9-10,26H,2,8H2,(H2,22,23)(H,24,25)(H,27,28). The van der Waals surface area contributed by atoms with Gasteiger partial charge in [0.15, 0.2) is 0 Å². The van der Waals surface area contributed by atoms with Crippen LogP contribution in [-0.4, -0.2) is 38.0 Å². The molecule has 3 rings (SSSR count). The van der Waals surface area contributed by atoms with Crippen LogP contribution in [0.1, 0.15) is 28.0 Å². The number of anilines is 1. The van der Waals surface area contributed by atoms with Crippen molar-refractivity contribution in [2.45, 2.75) is 6.42 Å². The summed E-state index contributed by atoms with van der Waals surface area (Å²) in [4.78, 5) is 15.2. The normalized spacial score (nSPS) is 10.0. The average molecular weight is 373 g/mol. The molecular weight excluding hydrogens is 358 g/mol. The van der Waals surface area contributed by atoms with Crippen molar-refractivity contribution in [2.75, 3.05) is 12.3 Å². The molecule has 0 unspecified atom stereocenters. The average Bonchev–Trinajstić information content (AvgIpc) is 3.19. The number of aliphatic hydroxyl groups excluding tert-OH is 1. The number of nitrogen functional groups attached to an aromatic ring is 1. The Balaban J connectivity index is 2.04. The number of hydrogen-bond acceptors (Lipinski definition) is 6. The Hall–Kier alpha value is -4.14. The molecular formula is C20H15N5O3. The van der Waals surface area contributed by atoms with E-state index in [9.17, 15) is 10.1 Å². The maximum Gasteiger partial charge on any atom is 0.353 e. The lowest BCUT2D eigenvalue weighted by Gasteiger charge is -2.09. The summed E-state index contributed by atoms with van der Waals surface area (Å²) in [7, 11) is 0. The van der Waals surface area contributed by atoms with E-state index in [1.54, 1.807) is 30.3 Å². The summed E-state index contributed by atoms with van der Waals surface area (Å²) in [5.41, 5.74) is 8.81. The third-order valence-corrected chi connectivity index (χ3v) is 3.90. The number of H-pyrrole nitrogens is 1. The predicted molar refractivity (Wildman–Crippen MR) is 102 cm³/mol. The molecule has 0 amide bonds. The van der Waals surface area contributed by atoms with Crippen molar-refractivity contribution >= 4 is 11.8 Å². The molecule has 0 atom stereocenters. The summed E-state index contributed by atoms with van der Waals surface area (Å²) in [6, 6.07) is 12.2. The number of benzene rings is 1. The molecule has 0 saturated carbocycles. The summed E-state index contributed by atoms with van der Waals surface area (Å²) < 4.78 is 0. The SMILES string of the molecule is N#Cc1c(-c2ccc(C#CCCO)cc2)cc(-c2cc(C(=O)O)[nH]n2)nc1N. The van der Waals surface area contributed by atoms with Crippen LogP contribution in [-0.2, 0) is 0 Å². The number of nitriles is 1. The first kappa shape index (κ1) is 18.6. The number of pyridine rings is 1. The summed E-state index contributed by atoms with van der Waals surface area (Å²) in [6.45, 7) is 0.00641. The van der Waals surface area contributed by atoms with E-state index in [0.717, 1.165) is 11.1 Å². The summed E-state index contributed by atoms with van der Waals surface area (Å²) in [6.07, 6.45) is 0.395. The number of nitrogens with zero attached hydrogens (tertiary/aromatic N) is 3. The lowest BCUT2D eigenvalue weighted by atomic mass is 9.98. The molecule has 0 saturated heterocycles. The molecule has 0 aliphatic carbocycles. The number of carboxylic acid groups (broad SMARTS) is 1. The highest BCUT2D eigenvalue weighted by Gasteiger charge is 2.16. The number of nitrogens with one attached hydrogen (secondary N) is 1. The Morgan fingerprint density at radius 2 is 1.96 bits per heavy atom. The first-order valence-corrected chi connectivity index (χ1v) is 8.23. The maximum absolute atomic E-state index is 11.0. The van der Waals surface area contributed by atoms with E-state index < -0.39 is 5.97 Å². The Morgan fingerprint density at radius 1 is 1.21 bits per heavy atom. The number of hydrogen-bond donors (Lipinski definition) is 4. The minimum atomic E-state index is -1.14. The van der Waals surface area contributed by atoms with Gasteiger partial charge in [-0.05, 0) is 23.8 Å². The first-order valence-electron chi connectivity index (χ1n) is 8.23. The highest BCUT2D eigenvalue weighted by Crippen LogP contribution is 2.30. The molecule has 2 heterocycles. The lowest BCUT2D eigenvalue weighted by Crippen LogP contribution is -2.00. The monoisotopic (exact) mass is 373 g/mol. The fourth-order valence-corrected chi connectivity index (χ4v) is 2.56. The van der Waals surface area contributed by atoms with Gasteiger partial charge in [-0.15, -0.1) is 0 Å². The Kier molecular flexibility index (Phi) is 5.35. The largest absolute Gasteiger partial charge is 0.477 e.